The van der Waals surface area contributed by atoms with Crippen LogP contribution in [0, 0.1) is 0 Å². The number of ether oxygens (including phenoxy) is 2. The molecule has 1 N–H and O–H groups in total. The number of aromatic nitrogens is 2. The highest BCUT2D eigenvalue weighted by Crippen LogP contribution is 2.40. The fraction of sp³-hybridized carbons (Fsp3) is 0.519. The van der Waals surface area contributed by atoms with Crippen LogP contribution in [-0.4, -0.2) is 54.9 Å². The molecular weight excluding hydrogens is 497 g/mol. The fourth-order valence-corrected chi connectivity index (χ4v) is 5.98. The number of hydrogen-bond acceptors (Lipinski definition) is 5. The summed E-state index contributed by atoms with van der Waals surface area (Å²) in [6.45, 7) is 9.39. The number of rotatable bonds is 8. The van der Waals surface area contributed by atoms with Gasteiger partial charge in [0, 0.05) is 20.2 Å². The molecule has 2 aromatic carbocycles. The van der Waals surface area contributed by atoms with Crippen molar-refractivity contribution in [2.24, 2.45) is 0 Å². The van der Waals surface area contributed by atoms with Crippen LogP contribution in [0.4, 0.5) is 18.9 Å². The normalized spacial score (nSPS) is 20.7. The molecule has 0 amide bonds. The minimum atomic E-state index is -4.60. The van der Waals surface area contributed by atoms with Crippen molar-refractivity contribution in [1.82, 2.24) is 14.5 Å². The second kappa shape index (κ2) is 10.3. The Hall–Kier alpha value is -2.56. The van der Waals surface area contributed by atoms with Crippen LogP contribution in [0.5, 0.6) is 5.75 Å². The standard InChI is InChI=1S/C27H35F3N4O2Si/c1-37(2,3)16-15-35-18-34-21-11-8-10-20(25(21)32-26(34)27(28,29)30)31-24-19-9-4-5-12-23(19)36-17-22(24)33-13-6-7-14-33/h4-5,8-12,22,24,31H,6-7,13-18H2,1-3H3/t22-,24-/m0/s1. The third-order valence-electron chi connectivity index (χ3n) is 7.22. The quantitative estimate of drug-likeness (QED) is 0.270. The van der Waals surface area contributed by atoms with Crippen LogP contribution in [0.15, 0.2) is 42.5 Å². The van der Waals surface area contributed by atoms with Gasteiger partial charge in [0.1, 0.15) is 24.6 Å². The van der Waals surface area contributed by atoms with Gasteiger partial charge in [-0.25, -0.2) is 4.98 Å². The lowest BCUT2D eigenvalue weighted by Gasteiger charge is -2.39. The smallest absolute Gasteiger partial charge is 0.449 e. The molecule has 1 fully saturated rings. The number of para-hydroxylation sites is 2. The minimum Gasteiger partial charge on any atom is -0.491 e. The predicted octanol–water partition coefficient (Wildman–Crippen LogP) is 6.38. The second-order valence-electron chi connectivity index (χ2n) is 11.2. The summed E-state index contributed by atoms with van der Waals surface area (Å²) in [6.07, 6.45) is -2.32. The summed E-state index contributed by atoms with van der Waals surface area (Å²) in [4.78, 5) is 6.53. The van der Waals surface area contributed by atoms with Crippen LogP contribution in [0.2, 0.25) is 25.7 Å². The van der Waals surface area contributed by atoms with Gasteiger partial charge < -0.3 is 14.8 Å². The summed E-state index contributed by atoms with van der Waals surface area (Å²) >= 11 is 0. The van der Waals surface area contributed by atoms with E-state index in [1.807, 2.05) is 30.3 Å². The Bertz CT molecular complexity index is 1230. The maximum atomic E-state index is 14.1. The molecule has 0 spiro atoms. The van der Waals surface area contributed by atoms with Gasteiger partial charge in [-0.15, -0.1) is 0 Å². The molecule has 1 aromatic heterocycles. The van der Waals surface area contributed by atoms with Crippen LogP contribution in [0.25, 0.3) is 11.0 Å². The molecule has 0 bridgehead atoms. The summed E-state index contributed by atoms with van der Waals surface area (Å²) in [6, 6.07) is 14.0. The zero-order chi connectivity index (χ0) is 26.2. The van der Waals surface area contributed by atoms with E-state index in [0.717, 1.165) is 47.9 Å². The van der Waals surface area contributed by atoms with Gasteiger partial charge in [-0.3, -0.25) is 9.47 Å². The van der Waals surface area contributed by atoms with E-state index >= 15 is 0 Å². The van der Waals surface area contributed by atoms with Crippen molar-refractivity contribution in [1.29, 1.82) is 0 Å². The number of imidazole rings is 1. The van der Waals surface area contributed by atoms with E-state index in [1.165, 1.54) is 0 Å². The van der Waals surface area contributed by atoms with Crippen molar-refractivity contribution < 1.29 is 22.6 Å². The molecule has 5 rings (SSSR count). The number of hydrogen-bond donors (Lipinski definition) is 1. The maximum Gasteiger partial charge on any atom is 0.449 e. The summed E-state index contributed by atoms with van der Waals surface area (Å²) in [7, 11) is -1.36. The lowest BCUT2D eigenvalue weighted by molar-refractivity contribution is -0.149. The number of alkyl halides is 3. The van der Waals surface area contributed by atoms with Crippen molar-refractivity contribution in [3.8, 4) is 5.75 Å². The van der Waals surface area contributed by atoms with E-state index in [1.54, 1.807) is 12.1 Å². The molecule has 0 unspecified atom stereocenters. The predicted molar refractivity (Wildman–Crippen MR) is 142 cm³/mol. The van der Waals surface area contributed by atoms with Crippen LogP contribution < -0.4 is 10.1 Å². The molecule has 3 heterocycles. The Balaban J connectivity index is 1.50. The highest BCUT2D eigenvalue weighted by Gasteiger charge is 2.39. The average Bonchev–Trinajstić information content (AvgIpc) is 3.50. The topological polar surface area (TPSA) is 51.6 Å². The van der Waals surface area contributed by atoms with Gasteiger partial charge in [-0.2, -0.15) is 13.2 Å². The molecule has 2 aliphatic heterocycles. The van der Waals surface area contributed by atoms with Crippen LogP contribution in [-0.2, 0) is 17.6 Å². The molecular formula is C27H35F3N4O2Si. The lowest BCUT2D eigenvalue weighted by atomic mass is 9.94. The SMILES string of the molecule is C[Si](C)(C)CCOCn1c(C(F)(F)F)nc2c(N[C@H]3c4ccccc4OC[C@@H]3N3CCCC3)cccc21. The Morgan fingerprint density at radius 2 is 1.84 bits per heavy atom. The highest BCUT2D eigenvalue weighted by atomic mass is 28.3. The van der Waals surface area contributed by atoms with E-state index in [-0.39, 0.29) is 18.8 Å². The first kappa shape index (κ1) is 26.1. The largest absolute Gasteiger partial charge is 0.491 e. The van der Waals surface area contributed by atoms with E-state index in [4.69, 9.17) is 9.47 Å². The van der Waals surface area contributed by atoms with Crippen LogP contribution >= 0.6 is 0 Å². The van der Waals surface area contributed by atoms with Gasteiger partial charge in [-0.1, -0.05) is 43.9 Å². The zero-order valence-electron chi connectivity index (χ0n) is 21.6. The third kappa shape index (κ3) is 5.66. The Kier molecular flexibility index (Phi) is 7.26. The van der Waals surface area contributed by atoms with Gasteiger partial charge in [-0.05, 0) is 50.2 Å². The van der Waals surface area contributed by atoms with Crippen LogP contribution in [0.1, 0.15) is 30.3 Å². The zero-order valence-corrected chi connectivity index (χ0v) is 22.6. The number of benzene rings is 2. The van der Waals surface area contributed by atoms with Crippen molar-refractivity contribution in [3.05, 3.63) is 53.9 Å². The van der Waals surface area contributed by atoms with E-state index in [9.17, 15) is 13.2 Å². The molecule has 3 aromatic rings. The number of likely N-dealkylation sites (tertiary alicyclic amines) is 1. The Morgan fingerprint density at radius 3 is 2.57 bits per heavy atom. The Labute approximate surface area is 216 Å². The first-order chi connectivity index (χ1) is 17.6. The summed E-state index contributed by atoms with van der Waals surface area (Å²) in [5.41, 5.74) is 2.29. The van der Waals surface area contributed by atoms with Crippen molar-refractivity contribution >= 4 is 24.8 Å². The first-order valence-corrected chi connectivity index (χ1v) is 16.7. The lowest BCUT2D eigenvalue weighted by Crippen LogP contribution is -2.47. The number of fused-ring (bicyclic) bond motifs is 2. The number of nitrogens with zero attached hydrogens (tertiary/aromatic N) is 3. The van der Waals surface area contributed by atoms with E-state index < -0.39 is 20.1 Å². The number of nitrogens with one attached hydrogen (secondary N) is 1. The summed E-state index contributed by atoms with van der Waals surface area (Å²) < 4.78 is 55.2. The molecule has 2 aliphatic rings. The summed E-state index contributed by atoms with van der Waals surface area (Å²) in [5, 5.41) is 3.59. The monoisotopic (exact) mass is 532 g/mol. The van der Waals surface area contributed by atoms with E-state index in [2.05, 4.69) is 34.8 Å². The molecule has 0 saturated carbocycles. The number of halogens is 3. The van der Waals surface area contributed by atoms with Gasteiger partial charge >= 0.3 is 6.18 Å². The molecule has 0 aliphatic carbocycles. The summed E-state index contributed by atoms with van der Waals surface area (Å²) in [5.74, 6) is -0.131. The highest BCUT2D eigenvalue weighted by molar-refractivity contribution is 6.76. The van der Waals surface area contributed by atoms with Gasteiger partial charge in [0.05, 0.1) is 23.3 Å². The molecule has 37 heavy (non-hydrogen) atoms. The fourth-order valence-electron chi connectivity index (χ4n) is 5.22. The molecule has 1 saturated heterocycles. The maximum absolute atomic E-state index is 14.1. The molecule has 200 valence electrons. The number of anilines is 1. The third-order valence-corrected chi connectivity index (χ3v) is 8.92. The van der Waals surface area contributed by atoms with Gasteiger partial charge in [0.2, 0.25) is 5.82 Å². The van der Waals surface area contributed by atoms with Crippen molar-refractivity contribution in [2.45, 2.75) is 63.5 Å². The van der Waals surface area contributed by atoms with Crippen molar-refractivity contribution in [2.75, 3.05) is 31.6 Å². The minimum absolute atomic E-state index is 0.0710. The average molecular weight is 533 g/mol. The van der Waals surface area contributed by atoms with E-state index in [0.29, 0.717) is 29.9 Å². The van der Waals surface area contributed by atoms with Gasteiger partial charge in [0.25, 0.3) is 0 Å². The van der Waals surface area contributed by atoms with Gasteiger partial charge in [0.15, 0.2) is 0 Å². The van der Waals surface area contributed by atoms with Crippen molar-refractivity contribution in [3.63, 3.8) is 0 Å². The molecule has 10 heteroatoms. The molecule has 0 radical (unpaired) electrons. The first-order valence-electron chi connectivity index (χ1n) is 13.0. The van der Waals surface area contributed by atoms with Crippen LogP contribution in [0.3, 0.4) is 0 Å². The molecule has 2 atom stereocenters. The Morgan fingerprint density at radius 1 is 1.08 bits per heavy atom. The molecule has 6 nitrogen and oxygen atoms in total. The second-order valence-corrected chi connectivity index (χ2v) is 16.8.